The molecule has 0 aromatic heterocycles. The topological polar surface area (TPSA) is 49.9 Å². The Morgan fingerprint density at radius 2 is 1.64 bits per heavy atom. The fraction of sp³-hybridized carbons (Fsp3) is 0.765. The lowest BCUT2D eigenvalue weighted by atomic mass is 9.86. The number of ether oxygens (including phenoxy) is 1. The number of hydrogen-bond donors (Lipinski definition) is 0. The first-order chi connectivity index (χ1) is 10.1. The summed E-state index contributed by atoms with van der Waals surface area (Å²) in [6, 6.07) is 0. The highest BCUT2D eigenvalue weighted by Crippen LogP contribution is 2.26. The molecule has 0 spiro atoms. The first kappa shape index (κ1) is 18.5. The normalized spacial score (nSPS) is 19.1. The second-order valence-electron chi connectivity index (χ2n) is 7.09. The zero-order valence-electron chi connectivity index (χ0n) is 14.6. The number of carbonyl (C=O) groups excluding carboxylic acids is 2. The molecular weight excluding hydrogens is 280 g/mol. The van der Waals surface area contributed by atoms with Gasteiger partial charge in [-0.3, -0.25) is 4.79 Å². The molecule has 1 fully saturated rings. The molecule has 1 rings (SSSR count). The van der Waals surface area contributed by atoms with E-state index in [-0.39, 0.29) is 12.0 Å². The average Bonchev–Trinajstić information content (AvgIpc) is 2.69. The van der Waals surface area contributed by atoms with Gasteiger partial charge in [-0.15, -0.1) is 6.58 Å². The molecule has 0 N–H and O–H groups in total. The van der Waals surface area contributed by atoms with Gasteiger partial charge in [0.1, 0.15) is 5.60 Å². The zero-order valence-corrected chi connectivity index (χ0v) is 14.6. The van der Waals surface area contributed by atoms with Crippen LogP contribution >= 0.6 is 0 Å². The molecule has 1 saturated heterocycles. The Morgan fingerprint density at radius 3 is 2.14 bits per heavy atom. The second kappa shape index (κ2) is 7.16. The van der Waals surface area contributed by atoms with E-state index < -0.39 is 11.0 Å². The number of hydrogen-bond acceptors (Lipinski definition) is 3. The second-order valence-corrected chi connectivity index (χ2v) is 7.09. The molecule has 1 aliphatic heterocycles. The van der Waals surface area contributed by atoms with Gasteiger partial charge in [-0.05, 0) is 40.5 Å². The zero-order chi connectivity index (χ0) is 17.0. The Bertz CT molecular complexity index is 428. The lowest BCUT2D eigenvalue weighted by molar-refractivity contribution is -0.138. The molecule has 0 saturated carbocycles. The number of nitrogens with zero attached hydrogens (tertiary/aromatic N) is 2. The molecule has 0 aromatic rings. The maximum atomic E-state index is 12.7. The molecule has 1 aliphatic rings. The van der Waals surface area contributed by atoms with Crippen molar-refractivity contribution in [3.8, 4) is 0 Å². The predicted octanol–water partition coefficient (Wildman–Crippen LogP) is 3.06. The van der Waals surface area contributed by atoms with E-state index in [0.29, 0.717) is 26.2 Å². The number of rotatable bonds is 3. The van der Waals surface area contributed by atoms with E-state index in [1.807, 2.05) is 39.5 Å². The van der Waals surface area contributed by atoms with Gasteiger partial charge in [-0.1, -0.05) is 13.0 Å². The van der Waals surface area contributed by atoms with E-state index in [9.17, 15) is 9.59 Å². The lowest BCUT2D eigenvalue weighted by Gasteiger charge is -2.31. The van der Waals surface area contributed by atoms with Crippen molar-refractivity contribution in [2.75, 3.05) is 26.2 Å². The molecule has 2 amide bonds. The van der Waals surface area contributed by atoms with Crippen molar-refractivity contribution in [2.45, 2.75) is 53.1 Å². The van der Waals surface area contributed by atoms with Crippen molar-refractivity contribution >= 4 is 12.0 Å². The largest absolute Gasteiger partial charge is 0.444 e. The Kier molecular flexibility index (Phi) is 6.03. The van der Waals surface area contributed by atoms with Crippen LogP contribution in [0.1, 0.15) is 47.5 Å². The molecule has 22 heavy (non-hydrogen) atoms. The van der Waals surface area contributed by atoms with Crippen molar-refractivity contribution in [1.82, 2.24) is 9.80 Å². The molecular formula is C17H30N2O3. The van der Waals surface area contributed by atoms with Gasteiger partial charge in [0, 0.05) is 26.2 Å². The molecule has 0 radical (unpaired) electrons. The first-order valence-corrected chi connectivity index (χ1v) is 8.04. The van der Waals surface area contributed by atoms with Crippen molar-refractivity contribution in [3.05, 3.63) is 12.7 Å². The van der Waals surface area contributed by atoms with Crippen LogP contribution < -0.4 is 0 Å². The van der Waals surface area contributed by atoms with E-state index in [1.165, 1.54) is 0 Å². The summed E-state index contributed by atoms with van der Waals surface area (Å²) in [6.07, 6.45) is 2.92. The highest BCUT2D eigenvalue weighted by atomic mass is 16.6. The van der Waals surface area contributed by atoms with Gasteiger partial charge < -0.3 is 14.5 Å². The van der Waals surface area contributed by atoms with Crippen LogP contribution in [-0.4, -0.2) is 53.6 Å². The summed E-state index contributed by atoms with van der Waals surface area (Å²) in [5.74, 6) is 0.0936. The Morgan fingerprint density at radius 1 is 1.09 bits per heavy atom. The van der Waals surface area contributed by atoms with Crippen molar-refractivity contribution in [2.24, 2.45) is 5.41 Å². The lowest BCUT2D eigenvalue weighted by Crippen LogP contribution is -2.44. The quantitative estimate of drug-likeness (QED) is 0.753. The maximum absolute atomic E-state index is 12.7. The SMILES string of the molecule is C=C[C@](C)(CC)C(=O)N1CCCN(C(=O)OC(C)(C)C)CC1. The minimum atomic E-state index is -0.527. The summed E-state index contributed by atoms with van der Waals surface area (Å²) in [5, 5.41) is 0. The fourth-order valence-corrected chi connectivity index (χ4v) is 2.37. The summed E-state index contributed by atoms with van der Waals surface area (Å²) < 4.78 is 5.41. The van der Waals surface area contributed by atoms with E-state index in [2.05, 4.69) is 6.58 Å². The van der Waals surface area contributed by atoms with Crippen molar-refractivity contribution in [1.29, 1.82) is 0 Å². The molecule has 0 aliphatic carbocycles. The molecule has 0 unspecified atom stereocenters. The molecule has 1 atom stereocenters. The number of amides is 2. The van der Waals surface area contributed by atoms with Gasteiger partial charge in [0.2, 0.25) is 5.91 Å². The van der Waals surface area contributed by atoms with E-state index in [1.54, 1.807) is 11.0 Å². The third-order valence-electron chi connectivity index (χ3n) is 4.11. The van der Waals surface area contributed by atoms with Crippen LogP contribution in [0.4, 0.5) is 4.79 Å². The van der Waals surface area contributed by atoms with Crippen LogP contribution in [0.3, 0.4) is 0 Å². The molecule has 5 nitrogen and oxygen atoms in total. The van der Waals surface area contributed by atoms with E-state index in [0.717, 1.165) is 12.8 Å². The summed E-state index contributed by atoms with van der Waals surface area (Å²) in [6.45, 7) is 15.6. The monoisotopic (exact) mass is 310 g/mol. The van der Waals surface area contributed by atoms with Gasteiger partial charge in [0.15, 0.2) is 0 Å². The van der Waals surface area contributed by atoms with Gasteiger partial charge in [0.05, 0.1) is 5.41 Å². The molecule has 5 heteroatoms. The first-order valence-electron chi connectivity index (χ1n) is 8.04. The van der Waals surface area contributed by atoms with Crippen LogP contribution in [0.2, 0.25) is 0 Å². The predicted molar refractivity (Wildman–Crippen MR) is 87.6 cm³/mol. The third-order valence-corrected chi connectivity index (χ3v) is 4.11. The minimum absolute atomic E-state index is 0.0936. The van der Waals surface area contributed by atoms with Gasteiger partial charge in [-0.25, -0.2) is 4.79 Å². The Labute approximate surface area is 134 Å². The summed E-state index contributed by atoms with van der Waals surface area (Å²) in [5.41, 5.74) is -1.02. The van der Waals surface area contributed by atoms with Crippen molar-refractivity contribution in [3.63, 3.8) is 0 Å². The van der Waals surface area contributed by atoms with Crippen LogP contribution in [0.5, 0.6) is 0 Å². The standard InChI is InChI=1S/C17H30N2O3/c1-7-17(6,8-2)14(20)18-10-9-11-19(13-12-18)15(21)22-16(3,4)5/h7H,1,8-13H2,2-6H3/t17-/m1/s1. The molecule has 0 aromatic carbocycles. The number of carbonyl (C=O) groups is 2. The molecule has 1 heterocycles. The van der Waals surface area contributed by atoms with Crippen LogP contribution in [-0.2, 0) is 9.53 Å². The Balaban J connectivity index is 2.68. The molecule has 126 valence electrons. The average molecular weight is 310 g/mol. The minimum Gasteiger partial charge on any atom is -0.444 e. The molecule has 0 bridgehead atoms. The third kappa shape index (κ3) is 4.75. The van der Waals surface area contributed by atoms with Crippen LogP contribution in [0.25, 0.3) is 0 Å². The fourth-order valence-electron chi connectivity index (χ4n) is 2.37. The van der Waals surface area contributed by atoms with Crippen LogP contribution in [0, 0.1) is 5.41 Å². The van der Waals surface area contributed by atoms with E-state index in [4.69, 9.17) is 4.74 Å². The van der Waals surface area contributed by atoms with Crippen LogP contribution in [0.15, 0.2) is 12.7 Å². The maximum Gasteiger partial charge on any atom is 0.410 e. The van der Waals surface area contributed by atoms with E-state index >= 15 is 0 Å². The summed E-state index contributed by atoms with van der Waals surface area (Å²) in [7, 11) is 0. The summed E-state index contributed by atoms with van der Waals surface area (Å²) >= 11 is 0. The summed E-state index contributed by atoms with van der Waals surface area (Å²) in [4.78, 5) is 28.3. The highest BCUT2D eigenvalue weighted by molar-refractivity contribution is 5.84. The van der Waals surface area contributed by atoms with Gasteiger partial charge in [-0.2, -0.15) is 0 Å². The Hall–Kier alpha value is -1.52. The van der Waals surface area contributed by atoms with Crippen molar-refractivity contribution < 1.29 is 14.3 Å². The van der Waals surface area contributed by atoms with Gasteiger partial charge in [0.25, 0.3) is 0 Å². The smallest absolute Gasteiger partial charge is 0.410 e. The van der Waals surface area contributed by atoms with Gasteiger partial charge >= 0.3 is 6.09 Å². The highest BCUT2D eigenvalue weighted by Gasteiger charge is 2.33.